The summed E-state index contributed by atoms with van der Waals surface area (Å²) in [7, 11) is 0. The molecular formula is C42H28N4OPt+2. The summed E-state index contributed by atoms with van der Waals surface area (Å²) in [5, 5.41) is 0. The van der Waals surface area contributed by atoms with Crippen LogP contribution in [0.1, 0.15) is 0 Å². The van der Waals surface area contributed by atoms with Gasteiger partial charge in [0.05, 0.1) is 11.4 Å². The van der Waals surface area contributed by atoms with Gasteiger partial charge in [-0.3, -0.25) is 9.13 Å². The van der Waals surface area contributed by atoms with Gasteiger partial charge >= 0.3 is 21.1 Å². The Morgan fingerprint density at radius 3 is 1.46 bits per heavy atom. The summed E-state index contributed by atoms with van der Waals surface area (Å²) in [4.78, 5) is 0. The van der Waals surface area contributed by atoms with Crippen LogP contribution in [-0.4, -0.2) is 9.13 Å². The molecule has 230 valence electrons. The summed E-state index contributed by atoms with van der Waals surface area (Å²) < 4.78 is 14.1. The maximum absolute atomic E-state index is 6.26. The molecule has 8 rings (SSSR count). The Kier molecular flexibility index (Phi) is 8.95. The molecule has 0 spiro atoms. The molecule has 8 aromatic rings. The van der Waals surface area contributed by atoms with Crippen LogP contribution in [-0.2, 0) is 21.1 Å². The number of nitrogens with zero attached hydrogens (tertiary/aromatic N) is 4. The molecule has 0 bridgehead atoms. The molecule has 0 saturated heterocycles. The molecule has 2 aromatic heterocycles. The minimum Gasteiger partial charge on any atom is -0.510 e. The van der Waals surface area contributed by atoms with E-state index < -0.39 is 0 Å². The molecule has 0 amide bonds. The number of imidazole rings is 2. The summed E-state index contributed by atoms with van der Waals surface area (Å²) in [5.74, 6) is 1.16. The predicted octanol–water partition coefficient (Wildman–Crippen LogP) is 8.15. The molecule has 5 nitrogen and oxygen atoms in total. The summed E-state index contributed by atoms with van der Waals surface area (Å²) >= 11 is 0. The first-order valence-corrected chi connectivity index (χ1v) is 15.4. The summed E-state index contributed by atoms with van der Waals surface area (Å²) in [6.07, 6.45) is 14.8. The van der Waals surface area contributed by atoms with Gasteiger partial charge < -0.3 is 13.9 Å². The first-order chi connectivity index (χ1) is 23.3. The van der Waals surface area contributed by atoms with Crippen molar-refractivity contribution in [3.05, 3.63) is 195 Å². The second-order valence-electron chi connectivity index (χ2n) is 10.9. The molecule has 0 radical (unpaired) electrons. The zero-order valence-corrected chi connectivity index (χ0v) is 28.0. The van der Waals surface area contributed by atoms with Crippen molar-refractivity contribution in [2.24, 2.45) is 0 Å². The topological polar surface area (TPSA) is 26.8 Å². The van der Waals surface area contributed by atoms with Crippen molar-refractivity contribution < 1.29 is 34.9 Å². The van der Waals surface area contributed by atoms with Gasteiger partial charge in [0.15, 0.2) is 0 Å². The van der Waals surface area contributed by atoms with Crippen LogP contribution < -0.4 is 13.9 Å². The van der Waals surface area contributed by atoms with E-state index in [-0.39, 0.29) is 21.1 Å². The Morgan fingerprint density at radius 2 is 0.917 bits per heavy atom. The van der Waals surface area contributed by atoms with Gasteiger partial charge in [-0.1, -0.05) is 97.1 Å². The zero-order valence-electron chi connectivity index (χ0n) is 25.7. The number of aromatic nitrogens is 4. The molecule has 0 aliphatic carbocycles. The van der Waals surface area contributed by atoms with Gasteiger partial charge in [0.25, 0.3) is 12.7 Å². The van der Waals surface area contributed by atoms with Crippen LogP contribution in [0.15, 0.2) is 170 Å². The van der Waals surface area contributed by atoms with Gasteiger partial charge in [-0.15, -0.1) is 24.3 Å². The second-order valence-corrected chi connectivity index (χ2v) is 10.9. The van der Waals surface area contributed by atoms with Gasteiger partial charge in [-0.05, 0) is 45.8 Å². The Hall–Kier alpha value is -5.77. The Labute approximate surface area is 294 Å². The molecule has 0 saturated carbocycles. The van der Waals surface area contributed by atoms with Crippen LogP contribution >= 0.6 is 0 Å². The standard InChI is InChI=1S/C42H28N4O.Pt/c1-4-13-33(14-5-1)40-23-12-24-41(34-15-6-2-7-16-34)42(40)46-28-27-45(32-46)37-20-11-22-39(30-37)47-38-21-10-19-36(29-38)44-26-25-43(31-44)35-17-8-3-9-18-35;/h1-28H;/q-2;+4. The largest absolute Gasteiger partial charge is 4.00 e. The molecule has 6 aromatic carbocycles. The number of hydrogen-bond acceptors (Lipinski definition) is 1. The fraction of sp³-hybridized carbons (Fsp3) is 0. The van der Waals surface area contributed by atoms with Gasteiger partial charge in [0.1, 0.15) is 0 Å². The number of rotatable bonds is 8. The van der Waals surface area contributed by atoms with Crippen LogP contribution in [0.2, 0.25) is 0 Å². The van der Waals surface area contributed by atoms with Crippen LogP contribution in [0.25, 0.3) is 45.0 Å². The van der Waals surface area contributed by atoms with Crippen molar-refractivity contribution in [2.75, 3.05) is 0 Å². The first-order valence-electron chi connectivity index (χ1n) is 15.4. The van der Waals surface area contributed by atoms with E-state index in [1.54, 1.807) is 0 Å². The minimum atomic E-state index is 0. The summed E-state index contributed by atoms with van der Waals surface area (Å²) in [6.45, 7) is 0. The minimum absolute atomic E-state index is 0. The van der Waals surface area contributed by atoms with E-state index in [1.807, 2.05) is 117 Å². The monoisotopic (exact) mass is 799 g/mol. The van der Waals surface area contributed by atoms with Crippen molar-refractivity contribution in [3.8, 4) is 56.5 Å². The smallest absolute Gasteiger partial charge is 0.510 e. The van der Waals surface area contributed by atoms with E-state index in [9.17, 15) is 0 Å². The third-order valence-electron chi connectivity index (χ3n) is 7.89. The molecule has 48 heavy (non-hydrogen) atoms. The maximum Gasteiger partial charge on any atom is 4.00 e. The van der Waals surface area contributed by atoms with Gasteiger partial charge in [0.2, 0.25) is 0 Å². The molecule has 6 heteroatoms. The molecule has 0 fully saturated rings. The van der Waals surface area contributed by atoms with E-state index >= 15 is 0 Å². The van der Waals surface area contributed by atoms with Crippen LogP contribution in [0.4, 0.5) is 0 Å². The Bertz CT molecular complexity index is 2220. The number of benzene rings is 6. The summed E-state index contributed by atoms with van der Waals surface area (Å²) in [5.41, 5.74) is 8.24. The Morgan fingerprint density at radius 1 is 0.458 bits per heavy atom. The van der Waals surface area contributed by atoms with E-state index in [1.165, 1.54) is 0 Å². The maximum atomic E-state index is 6.26. The number of ether oxygens (including phenoxy) is 1. The average molecular weight is 800 g/mol. The van der Waals surface area contributed by atoms with E-state index in [2.05, 4.69) is 96.1 Å². The average Bonchev–Trinajstić information content (AvgIpc) is 3.84. The van der Waals surface area contributed by atoms with E-state index in [4.69, 9.17) is 4.74 Å². The van der Waals surface area contributed by atoms with Gasteiger partial charge in [0, 0.05) is 36.3 Å². The molecular weight excluding hydrogens is 772 g/mol. The van der Waals surface area contributed by atoms with Crippen LogP contribution in [0, 0.1) is 24.8 Å². The predicted molar refractivity (Wildman–Crippen MR) is 181 cm³/mol. The fourth-order valence-corrected chi connectivity index (χ4v) is 5.65. The van der Waals surface area contributed by atoms with Crippen LogP contribution in [0.5, 0.6) is 11.5 Å². The first kappa shape index (κ1) is 30.9. The molecule has 0 unspecified atom stereocenters. The van der Waals surface area contributed by atoms with Crippen molar-refractivity contribution in [2.45, 2.75) is 0 Å². The molecule has 0 aliphatic rings. The van der Waals surface area contributed by atoms with E-state index in [0.29, 0.717) is 11.5 Å². The van der Waals surface area contributed by atoms with Gasteiger partial charge in [-0.25, -0.2) is 0 Å². The third-order valence-corrected chi connectivity index (χ3v) is 7.89. The number of para-hydroxylation sites is 2. The molecule has 0 aliphatic heterocycles. The molecule has 0 N–H and O–H groups in total. The summed E-state index contributed by atoms with van der Waals surface area (Å²) in [6, 6.07) is 55.9. The van der Waals surface area contributed by atoms with Crippen molar-refractivity contribution >= 4 is 0 Å². The third kappa shape index (κ3) is 6.42. The zero-order chi connectivity index (χ0) is 31.4. The molecule has 2 heterocycles. The van der Waals surface area contributed by atoms with E-state index in [0.717, 1.165) is 45.0 Å². The van der Waals surface area contributed by atoms with Crippen molar-refractivity contribution in [1.82, 2.24) is 9.13 Å². The normalized spacial score (nSPS) is 10.8. The van der Waals surface area contributed by atoms with Crippen LogP contribution in [0.3, 0.4) is 0 Å². The second kappa shape index (κ2) is 13.9. The van der Waals surface area contributed by atoms with Crippen molar-refractivity contribution in [1.29, 1.82) is 0 Å². The van der Waals surface area contributed by atoms with Gasteiger partial charge in [-0.2, -0.15) is 24.3 Å². The quantitative estimate of drug-likeness (QED) is 0.113. The fourth-order valence-electron chi connectivity index (χ4n) is 5.65. The molecule has 0 atom stereocenters. The SMILES string of the molecule is [Pt+4].[c-]1c(Oc2[c-]c(-n3[c-][n+](-c4c(-c5ccccc5)cccc4-c4ccccc4)cc3)ccc2)cccc1-n1[c-][n+](-c2ccccc2)cc1. The number of hydrogen-bond donors (Lipinski definition) is 0. The van der Waals surface area contributed by atoms with Crippen molar-refractivity contribution in [3.63, 3.8) is 0 Å². The Balaban J connectivity index is 0.00000364.